The van der Waals surface area contributed by atoms with Gasteiger partial charge in [-0.3, -0.25) is 9.48 Å². The number of nitrogens with zero attached hydrogens (tertiary/aromatic N) is 6. The van der Waals surface area contributed by atoms with E-state index in [1.165, 1.54) is 60.0 Å². The zero-order chi connectivity index (χ0) is 29.7. The summed E-state index contributed by atoms with van der Waals surface area (Å²) in [7, 11) is 1.98. The number of likely N-dealkylation sites (N-methyl/N-ethyl adjacent to an activating group) is 1. The van der Waals surface area contributed by atoms with Crippen molar-refractivity contribution >= 4 is 33.4 Å². The van der Waals surface area contributed by atoms with Crippen LogP contribution in [0.5, 0.6) is 0 Å². The highest BCUT2D eigenvalue weighted by Crippen LogP contribution is 2.47. The molecule has 226 valence electrons. The van der Waals surface area contributed by atoms with E-state index < -0.39 is 0 Å². The zero-order valence-corrected chi connectivity index (χ0v) is 26.0. The Kier molecular flexibility index (Phi) is 7.47. The number of fused-ring (bicyclic) bond motifs is 10. The van der Waals surface area contributed by atoms with Crippen LogP contribution in [0.3, 0.4) is 0 Å². The number of piperazine rings is 1. The van der Waals surface area contributed by atoms with Crippen LogP contribution in [0.4, 0.5) is 0 Å². The molecular formula is C34H43N7O2. The molecule has 43 heavy (non-hydrogen) atoms. The minimum Gasteiger partial charge on any atom is -0.396 e. The van der Waals surface area contributed by atoms with E-state index in [1.807, 2.05) is 25.6 Å². The highest BCUT2D eigenvalue weighted by atomic mass is 16.6. The van der Waals surface area contributed by atoms with Crippen molar-refractivity contribution in [2.24, 2.45) is 12.2 Å². The summed E-state index contributed by atoms with van der Waals surface area (Å²) < 4.78 is 4.45. The first-order valence-corrected chi connectivity index (χ1v) is 16.0. The lowest BCUT2D eigenvalue weighted by Crippen LogP contribution is -2.46. The second-order valence-corrected chi connectivity index (χ2v) is 12.2. The molecule has 0 unspecified atom stereocenters. The van der Waals surface area contributed by atoms with Crippen molar-refractivity contribution in [3.63, 3.8) is 0 Å². The molecule has 9 heteroatoms. The number of unbranched alkanes of at least 4 members (excludes halogenated alkanes) is 1. The number of amides is 1. The number of carbonyl (C=O) groups excluding carboxylic acids is 1. The Labute approximate surface area is 253 Å². The number of aromatic nitrogens is 3. The Hall–Kier alpha value is -3.69. The maximum atomic E-state index is 13.4. The minimum atomic E-state index is 0.0270. The standard InChI is InChI=1S/C34H43N7O2/c1-5-39-15-17-40(18-16-39)13-7-8-14-41-29-12-9-23(22(3)37-43-6-2)19-25(29)31-26-20-35-34(42)32(26)30-24(33(31)41)10-11-28-27(30)21-38(4)36-28/h9,12,19,21H,5-8,10-11,13-18,20H2,1-4H3,(H,35,42)/b37-22+. The number of benzene rings is 2. The lowest BCUT2D eigenvalue weighted by Gasteiger charge is -2.34. The molecule has 2 aliphatic heterocycles. The molecule has 0 atom stereocenters. The summed E-state index contributed by atoms with van der Waals surface area (Å²) in [5.74, 6) is 0.0270. The molecule has 3 aliphatic rings. The molecule has 1 fully saturated rings. The van der Waals surface area contributed by atoms with Gasteiger partial charge in [0.15, 0.2) is 0 Å². The van der Waals surface area contributed by atoms with Gasteiger partial charge in [0.05, 0.1) is 22.5 Å². The number of aryl methyl sites for hydroxylation is 4. The Bertz CT molecular complexity index is 1740. The molecule has 4 aromatic rings. The van der Waals surface area contributed by atoms with Gasteiger partial charge in [0.2, 0.25) is 0 Å². The van der Waals surface area contributed by atoms with Crippen molar-refractivity contribution in [2.75, 3.05) is 45.9 Å². The monoisotopic (exact) mass is 581 g/mol. The van der Waals surface area contributed by atoms with E-state index in [0.717, 1.165) is 78.1 Å². The first-order chi connectivity index (χ1) is 21.0. The predicted molar refractivity (Wildman–Crippen MR) is 172 cm³/mol. The normalized spacial score (nSPS) is 17.4. The molecule has 1 saturated heterocycles. The van der Waals surface area contributed by atoms with Gasteiger partial charge in [0, 0.05) is 79.9 Å². The molecule has 1 N–H and O–H groups in total. The zero-order valence-electron chi connectivity index (χ0n) is 26.0. The summed E-state index contributed by atoms with van der Waals surface area (Å²) in [5, 5.41) is 14.7. The average molecular weight is 582 g/mol. The molecule has 2 aromatic carbocycles. The fraction of sp³-hybridized carbons (Fsp3) is 0.500. The molecule has 9 nitrogen and oxygen atoms in total. The maximum absolute atomic E-state index is 13.4. The number of hydrogen-bond donors (Lipinski definition) is 1. The second kappa shape index (κ2) is 11.4. The number of rotatable bonds is 9. The molecule has 4 heterocycles. The van der Waals surface area contributed by atoms with E-state index in [1.54, 1.807) is 0 Å². The fourth-order valence-electron chi connectivity index (χ4n) is 7.52. The van der Waals surface area contributed by atoms with Crippen molar-refractivity contribution in [2.45, 2.75) is 59.5 Å². The highest BCUT2D eigenvalue weighted by Gasteiger charge is 2.35. The third kappa shape index (κ3) is 4.83. The van der Waals surface area contributed by atoms with Crippen LogP contribution in [0.25, 0.3) is 32.9 Å². The number of nitrogens with one attached hydrogen (secondary N) is 1. The molecule has 1 amide bonds. The number of oxime groups is 1. The van der Waals surface area contributed by atoms with Gasteiger partial charge in [0.1, 0.15) is 6.61 Å². The average Bonchev–Trinajstić information content (AvgIpc) is 3.70. The number of carbonyl (C=O) groups is 1. The molecule has 0 spiro atoms. The summed E-state index contributed by atoms with van der Waals surface area (Å²) in [6, 6.07) is 6.67. The van der Waals surface area contributed by atoms with Gasteiger partial charge in [0.25, 0.3) is 5.91 Å². The summed E-state index contributed by atoms with van der Waals surface area (Å²) in [5.41, 5.74) is 11.0. The highest BCUT2D eigenvalue weighted by molar-refractivity contribution is 6.20. The van der Waals surface area contributed by atoms with Gasteiger partial charge in [-0.15, -0.1) is 0 Å². The second-order valence-electron chi connectivity index (χ2n) is 12.2. The Morgan fingerprint density at radius 3 is 2.60 bits per heavy atom. The van der Waals surface area contributed by atoms with Crippen LogP contribution in [0.1, 0.15) is 66.4 Å². The smallest absolute Gasteiger partial charge is 0.252 e. The molecule has 7 rings (SSSR count). The van der Waals surface area contributed by atoms with Gasteiger partial charge in [-0.1, -0.05) is 18.1 Å². The summed E-state index contributed by atoms with van der Waals surface area (Å²) in [6.45, 7) is 15.2. The largest absolute Gasteiger partial charge is 0.396 e. The van der Waals surface area contributed by atoms with E-state index in [4.69, 9.17) is 9.94 Å². The Morgan fingerprint density at radius 1 is 1.02 bits per heavy atom. The van der Waals surface area contributed by atoms with Crippen LogP contribution >= 0.6 is 0 Å². The van der Waals surface area contributed by atoms with Gasteiger partial charge < -0.3 is 24.5 Å². The molecule has 2 aromatic heterocycles. The van der Waals surface area contributed by atoms with Crippen molar-refractivity contribution < 1.29 is 9.63 Å². The fourth-order valence-corrected chi connectivity index (χ4v) is 7.52. The van der Waals surface area contributed by atoms with Crippen molar-refractivity contribution in [3.05, 3.63) is 52.3 Å². The van der Waals surface area contributed by atoms with E-state index in [2.05, 4.69) is 56.2 Å². The summed E-state index contributed by atoms with van der Waals surface area (Å²) in [6.07, 6.45) is 6.15. The van der Waals surface area contributed by atoms with Crippen LogP contribution < -0.4 is 5.32 Å². The molecule has 0 bridgehead atoms. The lowest BCUT2D eigenvalue weighted by molar-refractivity contribution is 0.0966. The van der Waals surface area contributed by atoms with Gasteiger partial charge in [-0.05, 0) is 81.4 Å². The van der Waals surface area contributed by atoms with Gasteiger partial charge in [-0.2, -0.15) is 5.10 Å². The quantitative estimate of drug-likeness (QED) is 0.176. The van der Waals surface area contributed by atoms with Crippen molar-refractivity contribution in [3.8, 4) is 11.1 Å². The molecule has 0 saturated carbocycles. The van der Waals surface area contributed by atoms with Crippen LogP contribution in [0, 0.1) is 0 Å². The topological polar surface area (TPSA) is 79.9 Å². The van der Waals surface area contributed by atoms with Gasteiger partial charge >= 0.3 is 0 Å². The third-order valence-corrected chi connectivity index (χ3v) is 9.71. The van der Waals surface area contributed by atoms with Crippen LogP contribution in [0.2, 0.25) is 0 Å². The SMILES string of the molecule is CCO/N=C(\C)c1ccc2c(c1)c1c3c(c4c(c1n2CCCCN1CCN(CC)CC1)CCc1nn(C)cc1-4)C(=O)NC3. The summed E-state index contributed by atoms with van der Waals surface area (Å²) in [4.78, 5) is 24.0. The van der Waals surface area contributed by atoms with E-state index in [0.29, 0.717) is 13.2 Å². The Balaban J connectivity index is 1.34. The number of hydrogen-bond acceptors (Lipinski definition) is 6. The minimum absolute atomic E-state index is 0.0270. The van der Waals surface area contributed by atoms with E-state index in [9.17, 15) is 4.79 Å². The molecular weight excluding hydrogens is 538 g/mol. The first kappa shape index (κ1) is 28.1. The van der Waals surface area contributed by atoms with Crippen molar-refractivity contribution in [1.82, 2.24) is 29.5 Å². The van der Waals surface area contributed by atoms with Gasteiger partial charge in [-0.25, -0.2) is 0 Å². The van der Waals surface area contributed by atoms with Crippen LogP contribution in [-0.4, -0.2) is 81.6 Å². The van der Waals surface area contributed by atoms with E-state index in [-0.39, 0.29) is 5.91 Å². The Morgan fingerprint density at radius 2 is 1.81 bits per heavy atom. The van der Waals surface area contributed by atoms with E-state index >= 15 is 0 Å². The predicted octanol–water partition coefficient (Wildman–Crippen LogP) is 4.72. The lowest BCUT2D eigenvalue weighted by atomic mass is 9.82. The first-order valence-electron chi connectivity index (χ1n) is 16.0. The van der Waals surface area contributed by atoms with Crippen LogP contribution in [-0.2, 0) is 37.8 Å². The molecule has 1 aliphatic carbocycles. The maximum Gasteiger partial charge on any atom is 0.252 e. The van der Waals surface area contributed by atoms with Crippen molar-refractivity contribution in [1.29, 1.82) is 0 Å². The van der Waals surface area contributed by atoms with Crippen LogP contribution in [0.15, 0.2) is 29.6 Å². The third-order valence-electron chi connectivity index (χ3n) is 9.71. The molecule has 0 radical (unpaired) electrons. The summed E-state index contributed by atoms with van der Waals surface area (Å²) >= 11 is 0.